The van der Waals surface area contributed by atoms with Crippen LogP contribution in [0.2, 0.25) is 0 Å². The number of methoxy groups -OCH3 is 1. The van der Waals surface area contributed by atoms with Gasteiger partial charge in [0.2, 0.25) is 0 Å². The van der Waals surface area contributed by atoms with Gasteiger partial charge in [0.05, 0.1) is 6.61 Å². The van der Waals surface area contributed by atoms with Crippen molar-refractivity contribution in [3.8, 4) is 0 Å². The maximum atomic E-state index is 13.6. The van der Waals surface area contributed by atoms with E-state index in [0.717, 1.165) is 50.2 Å². The van der Waals surface area contributed by atoms with Gasteiger partial charge in [-0.1, -0.05) is 12.1 Å². The van der Waals surface area contributed by atoms with Gasteiger partial charge < -0.3 is 15.0 Å². The first-order chi connectivity index (χ1) is 9.22. The van der Waals surface area contributed by atoms with Crippen LogP contribution in [-0.4, -0.2) is 45.3 Å². The Labute approximate surface area is 114 Å². The number of likely N-dealkylation sites (N-methyl/N-ethyl adjacent to an activating group) is 1. The van der Waals surface area contributed by atoms with E-state index in [1.807, 2.05) is 6.07 Å². The summed E-state index contributed by atoms with van der Waals surface area (Å²) in [5.74, 6) is -0.0565. The second-order valence-electron chi connectivity index (χ2n) is 5.15. The third kappa shape index (κ3) is 3.75. The van der Waals surface area contributed by atoms with Gasteiger partial charge in [0.25, 0.3) is 0 Å². The molecule has 0 fully saturated rings. The van der Waals surface area contributed by atoms with Gasteiger partial charge in [-0.3, -0.25) is 0 Å². The molecule has 1 aliphatic rings. The lowest BCUT2D eigenvalue weighted by molar-refractivity contribution is 0.161. The highest BCUT2D eigenvalue weighted by molar-refractivity contribution is 5.35. The monoisotopic (exact) mass is 266 g/mol. The van der Waals surface area contributed by atoms with Gasteiger partial charge in [0.15, 0.2) is 0 Å². The molecule has 19 heavy (non-hydrogen) atoms. The molecule has 0 saturated heterocycles. The van der Waals surface area contributed by atoms with E-state index in [1.165, 1.54) is 0 Å². The van der Waals surface area contributed by atoms with Crippen LogP contribution in [0.1, 0.15) is 23.6 Å². The Hall–Kier alpha value is -0.970. The largest absolute Gasteiger partial charge is 0.383 e. The fourth-order valence-corrected chi connectivity index (χ4v) is 2.61. The van der Waals surface area contributed by atoms with E-state index in [4.69, 9.17) is 4.74 Å². The van der Waals surface area contributed by atoms with Crippen LogP contribution in [0.5, 0.6) is 0 Å². The zero-order valence-electron chi connectivity index (χ0n) is 11.8. The first-order valence-corrected chi connectivity index (χ1v) is 6.90. The normalized spacial score (nSPS) is 18.0. The van der Waals surface area contributed by atoms with Crippen molar-refractivity contribution in [2.45, 2.75) is 18.9 Å². The summed E-state index contributed by atoms with van der Waals surface area (Å²) in [6.45, 7) is 3.59. The number of benzene rings is 1. The lowest BCUT2D eigenvalue weighted by Gasteiger charge is -2.19. The van der Waals surface area contributed by atoms with Gasteiger partial charge in [-0.15, -0.1) is 0 Å². The van der Waals surface area contributed by atoms with Crippen LogP contribution in [0.4, 0.5) is 4.39 Å². The fraction of sp³-hybridized carbons (Fsp3) is 0.600. The van der Waals surface area contributed by atoms with Crippen LogP contribution in [0.25, 0.3) is 0 Å². The number of ether oxygens (including phenoxy) is 1. The molecule has 0 aromatic heterocycles. The molecular weight excluding hydrogens is 243 g/mol. The zero-order chi connectivity index (χ0) is 13.7. The molecule has 1 unspecified atom stereocenters. The van der Waals surface area contributed by atoms with Crippen LogP contribution in [-0.2, 0) is 11.2 Å². The number of nitrogens with zero attached hydrogens (tertiary/aromatic N) is 1. The van der Waals surface area contributed by atoms with E-state index in [1.54, 1.807) is 19.2 Å². The molecule has 1 aromatic carbocycles. The SMILES string of the molecule is COCCN(C)CCNC1CCc2c(F)cccc21. The molecule has 106 valence electrons. The predicted octanol–water partition coefficient (Wildman–Crippen LogP) is 1.98. The standard InChI is InChI=1S/C15H23FN2O/c1-18(10-11-19-2)9-8-17-15-7-6-12-13(15)4-3-5-14(12)16/h3-5,15,17H,6-11H2,1-2H3. The van der Waals surface area contributed by atoms with Crippen LogP contribution in [0.3, 0.4) is 0 Å². The maximum Gasteiger partial charge on any atom is 0.126 e. The number of halogens is 1. The topological polar surface area (TPSA) is 24.5 Å². The summed E-state index contributed by atoms with van der Waals surface area (Å²) >= 11 is 0. The molecule has 0 spiro atoms. The maximum absolute atomic E-state index is 13.6. The summed E-state index contributed by atoms with van der Waals surface area (Å²) in [6, 6.07) is 5.71. The van der Waals surface area contributed by atoms with Gasteiger partial charge in [-0.2, -0.15) is 0 Å². The highest BCUT2D eigenvalue weighted by atomic mass is 19.1. The molecule has 0 bridgehead atoms. The van der Waals surface area contributed by atoms with E-state index in [-0.39, 0.29) is 5.82 Å². The van der Waals surface area contributed by atoms with Gasteiger partial charge in [-0.25, -0.2) is 4.39 Å². The number of rotatable bonds is 7. The molecule has 1 aromatic rings. The number of hydrogen-bond donors (Lipinski definition) is 1. The molecule has 4 heteroatoms. The molecule has 0 radical (unpaired) electrons. The van der Waals surface area contributed by atoms with E-state index in [0.29, 0.717) is 6.04 Å². The van der Waals surface area contributed by atoms with Crippen molar-refractivity contribution in [3.05, 3.63) is 35.1 Å². The highest BCUT2D eigenvalue weighted by Crippen LogP contribution is 2.32. The Morgan fingerprint density at radius 2 is 2.26 bits per heavy atom. The zero-order valence-corrected chi connectivity index (χ0v) is 11.8. The second-order valence-corrected chi connectivity index (χ2v) is 5.15. The van der Waals surface area contributed by atoms with Gasteiger partial charge in [-0.05, 0) is 37.1 Å². The summed E-state index contributed by atoms with van der Waals surface area (Å²) in [5, 5.41) is 3.52. The molecule has 0 saturated carbocycles. The van der Waals surface area contributed by atoms with Gasteiger partial charge in [0, 0.05) is 32.8 Å². The van der Waals surface area contributed by atoms with Crippen molar-refractivity contribution in [1.82, 2.24) is 10.2 Å². The minimum Gasteiger partial charge on any atom is -0.383 e. The predicted molar refractivity (Wildman–Crippen MR) is 74.8 cm³/mol. The average molecular weight is 266 g/mol. The first kappa shape index (κ1) is 14.4. The van der Waals surface area contributed by atoms with Gasteiger partial charge >= 0.3 is 0 Å². The Morgan fingerprint density at radius 3 is 3.05 bits per heavy atom. The van der Waals surface area contributed by atoms with E-state index in [2.05, 4.69) is 17.3 Å². The molecular formula is C15H23FN2O. The number of hydrogen-bond acceptors (Lipinski definition) is 3. The Morgan fingerprint density at radius 1 is 1.42 bits per heavy atom. The Balaban J connectivity index is 1.79. The summed E-state index contributed by atoms with van der Waals surface area (Å²) in [4.78, 5) is 2.23. The molecule has 3 nitrogen and oxygen atoms in total. The van der Waals surface area contributed by atoms with Crippen LogP contribution < -0.4 is 5.32 Å². The first-order valence-electron chi connectivity index (χ1n) is 6.90. The number of fused-ring (bicyclic) bond motifs is 1. The summed E-state index contributed by atoms with van der Waals surface area (Å²) < 4.78 is 18.7. The van der Waals surface area contributed by atoms with Crippen LogP contribution >= 0.6 is 0 Å². The highest BCUT2D eigenvalue weighted by Gasteiger charge is 2.23. The smallest absolute Gasteiger partial charge is 0.126 e. The minimum absolute atomic E-state index is 0.0565. The summed E-state index contributed by atoms with van der Waals surface area (Å²) in [6.07, 6.45) is 1.84. The summed E-state index contributed by atoms with van der Waals surface area (Å²) in [5.41, 5.74) is 2.03. The molecule has 1 aliphatic carbocycles. The van der Waals surface area contributed by atoms with Crippen molar-refractivity contribution >= 4 is 0 Å². The average Bonchev–Trinajstić information content (AvgIpc) is 2.81. The number of nitrogens with one attached hydrogen (secondary N) is 1. The van der Waals surface area contributed by atoms with Crippen LogP contribution in [0.15, 0.2) is 18.2 Å². The Bertz CT molecular complexity index is 411. The Kier molecular flexibility index (Phi) is 5.31. The van der Waals surface area contributed by atoms with E-state index in [9.17, 15) is 4.39 Å². The lowest BCUT2D eigenvalue weighted by Crippen LogP contribution is -2.32. The van der Waals surface area contributed by atoms with Crippen molar-refractivity contribution in [1.29, 1.82) is 0 Å². The molecule has 0 heterocycles. The molecule has 0 aliphatic heterocycles. The van der Waals surface area contributed by atoms with Crippen molar-refractivity contribution in [3.63, 3.8) is 0 Å². The van der Waals surface area contributed by atoms with Crippen molar-refractivity contribution in [2.24, 2.45) is 0 Å². The van der Waals surface area contributed by atoms with Gasteiger partial charge in [0.1, 0.15) is 5.82 Å². The van der Waals surface area contributed by atoms with E-state index < -0.39 is 0 Å². The third-order valence-corrected chi connectivity index (χ3v) is 3.77. The molecule has 0 amide bonds. The molecule has 1 N–H and O–H groups in total. The van der Waals surface area contributed by atoms with E-state index >= 15 is 0 Å². The van der Waals surface area contributed by atoms with Crippen LogP contribution in [0, 0.1) is 5.82 Å². The van der Waals surface area contributed by atoms with Crippen molar-refractivity contribution < 1.29 is 9.13 Å². The quantitative estimate of drug-likeness (QED) is 0.817. The lowest BCUT2D eigenvalue weighted by atomic mass is 10.1. The fourth-order valence-electron chi connectivity index (χ4n) is 2.61. The molecule has 2 rings (SSSR count). The third-order valence-electron chi connectivity index (χ3n) is 3.77. The minimum atomic E-state index is -0.0565. The second kappa shape index (κ2) is 6.98. The van der Waals surface area contributed by atoms with Crippen molar-refractivity contribution in [2.75, 3.05) is 40.4 Å². The molecule has 1 atom stereocenters. The summed E-state index contributed by atoms with van der Waals surface area (Å²) in [7, 11) is 3.80.